The van der Waals surface area contributed by atoms with Crippen molar-refractivity contribution in [1.29, 1.82) is 0 Å². The summed E-state index contributed by atoms with van der Waals surface area (Å²) in [6, 6.07) is 34.2. The van der Waals surface area contributed by atoms with E-state index in [1.807, 2.05) is 30.3 Å². The number of fused-ring (bicyclic) bond motifs is 2. The van der Waals surface area contributed by atoms with Gasteiger partial charge >= 0.3 is 5.97 Å². The van der Waals surface area contributed by atoms with Gasteiger partial charge in [-0.05, 0) is 71.7 Å². The fourth-order valence-electron chi connectivity index (χ4n) is 8.29. The number of para-hydroxylation sites is 1. The Morgan fingerprint density at radius 3 is 1.78 bits per heavy atom. The highest BCUT2D eigenvalue weighted by molar-refractivity contribution is 7.86. The number of hydrogen-bond acceptors (Lipinski definition) is 6. The van der Waals surface area contributed by atoms with E-state index in [4.69, 9.17) is 9.47 Å². The molecular formula is C39H33O6S-. The third-order valence-corrected chi connectivity index (χ3v) is 11.1. The summed E-state index contributed by atoms with van der Waals surface area (Å²) < 4.78 is 49.2. The minimum atomic E-state index is -4.74. The van der Waals surface area contributed by atoms with E-state index < -0.39 is 22.0 Å². The van der Waals surface area contributed by atoms with Crippen LogP contribution in [0.15, 0.2) is 114 Å². The van der Waals surface area contributed by atoms with Gasteiger partial charge in [-0.15, -0.1) is 0 Å². The highest BCUT2D eigenvalue weighted by Gasteiger charge is 2.54. The topological polar surface area (TPSA) is 92.7 Å². The van der Waals surface area contributed by atoms with Gasteiger partial charge in [0.25, 0.3) is 0 Å². The predicted molar refractivity (Wildman–Crippen MR) is 174 cm³/mol. The average molecular weight is 630 g/mol. The van der Waals surface area contributed by atoms with Crippen molar-refractivity contribution in [1.82, 2.24) is 0 Å². The van der Waals surface area contributed by atoms with Gasteiger partial charge in [0, 0.05) is 28.5 Å². The van der Waals surface area contributed by atoms with Crippen molar-refractivity contribution >= 4 is 26.9 Å². The van der Waals surface area contributed by atoms with Crippen molar-refractivity contribution in [2.75, 3.05) is 0 Å². The molecule has 0 saturated heterocycles. The Balaban J connectivity index is 1.28. The van der Waals surface area contributed by atoms with E-state index in [1.165, 1.54) is 29.7 Å². The van der Waals surface area contributed by atoms with Gasteiger partial charge in [-0.3, -0.25) is 4.79 Å². The summed E-state index contributed by atoms with van der Waals surface area (Å²) in [5, 5.41) is 0.624. The summed E-state index contributed by atoms with van der Waals surface area (Å²) in [5.41, 5.74) is 5.65. The number of benzene rings is 5. The first-order valence-electron chi connectivity index (χ1n) is 16.0. The molecule has 0 aromatic heterocycles. The molecule has 2 unspecified atom stereocenters. The molecule has 9 rings (SSSR count). The fraction of sp³-hybridized carbons (Fsp3) is 0.256. The van der Waals surface area contributed by atoms with Crippen molar-refractivity contribution in [3.8, 4) is 11.5 Å². The zero-order chi connectivity index (χ0) is 31.4. The Morgan fingerprint density at radius 2 is 1.15 bits per heavy atom. The Kier molecular flexibility index (Phi) is 7.19. The summed E-state index contributed by atoms with van der Waals surface area (Å²) in [6.07, 6.45) is 5.71. The third-order valence-electron chi connectivity index (χ3n) is 10.2. The van der Waals surface area contributed by atoms with Crippen molar-refractivity contribution in [3.05, 3.63) is 137 Å². The molecular weight excluding hydrogens is 596 g/mol. The smallest absolute Gasteiger partial charge is 0.315 e. The van der Waals surface area contributed by atoms with Gasteiger partial charge in [0.05, 0.1) is 16.9 Å². The summed E-state index contributed by atoms with van der Waals surface area (Å²) in [6.45, 7) is 0. The second kappa shape index (κ2) is 11.4. The number of hydrogen-bond donors (Lipinski definition) is 0. The molecule has 0 aliphatic heterocycles. The largest absolute Gasteiger partial charge is 0.744 e. The number of ether oxygens (including phenoxy) is 2. The van der Waals surface area contributed by atoms with Crippen molar-refractivity contribution in [2.24, 2.45) is 5.92 Å². The van der Waals surface area contributed by atoms with Gasteiger partial charge in [-0.25, -0.2) is 8.42 Å². The number of carbonyl (C=O) groups is 1. The van der Waals surface area contributed by atoms with Gasteiger partial charge in [0.1, 0.15) is 21.6 Å². The van der Waals surface area contributed by atoms with Crippen LogP contribution in [0.25, 0.3) is 10.8 Å². The van der Waals surface area contributed by atoms with Gasteiger partial charge in [-0.2, -0.15) is 0 Å². The third kappa shape index (κ3) is 4.81. The van der Waals surface area contributed by atoms with Crippen LogP contribution < -0.4 is 9.47 Å². The Hall–Kier alpha value is -4.46. The van der Waals surface area contributed by atoms with Crippen LogP contribution in [-0.4, -0.2) is 25.0 Å². The molecule has 0 N–H and O–H groups in total. The lowest BCUT2D eigenvalue weighted by Gasteiger charge is -2.50. The zero-order valence-corrected chi connectivity index (χ0v) is 26.0. The second-order valence-corrected chi connectivity index (χ2v) is 14.0. The maximum Gasteiger partial charge on any atom is 0.315 e. The monoisotopic (exact) mass is 629 g/mol. The van der Waals surface area contributed by atoms with Gasteiger partial charge in [0.15, 0.2) is 0 Å². The highest BCUT2D eigenvalue weighted by Crippen LogP contribution is 2.62. The van der Waals surface area contributed by atoms with Crippen LogP contribution in [0.3, 0.4) is 0 Å². The van der Waals surface area contributed by atoms with E-state index in [0.29, 0.717) is 5.39 Å². The molecule has 0 heterocycles. The number of esters is 1. The first kappa shape index (κ1) is 29.0. The molecule has 7 heteroatoms. The Morgan fingerprint density at radius 1 is 0.609 bits per heavy atom. The van der Waals surface area contributed by atoms with Crippen LogP contribution in [0.5, 0.6) is 11.5 Å². The lowest BCUT2D eigenvalue weighted by atomic mass is 9.52. The minimum absolute atomic E-state index is 0.101. The maximum absolute atomic E-state index is 14.7. The first-order chi connectivity index (χ1) is 22.4. The van der Waals surface area contributed by atoms with Crippen LogP contribution in [-0.2, 0) is 14.9 Å². The number of carbonyl (C=O) groups excluding carboxylic acids is 1. The molecule has 5 aromatic rings. The molecule has 2 atom stereocenters. The molecule has 0 radical (unpaired) electrons. The minimum Gasteiger partial charge on any atom is -0.744 e. The molecule has 4 aliphatic rings. The van der Waals surface area contributed by atoms with E-state index in [1.54, 1.807) is 24.3 Å². The fourth-order valence-corrected chi connectivity index (χ4v) is 8.97. The standard InChI is InChI=1S/C39H34O6S/c40-39(45-33-22-23-34(46(41,42)43)26-15-5-4-14-25(26)33)38-36-29-18-8-6-16-27(29)35(28-17-7-9-19-30(28)36)37(38)31-20-10-11-21-32(31)44-24-12-2-1-3-13-24/h4-11,14-24,35-38H,1-3,12-13H2,(H,41,42,43)/p-1. The molecule has 232 valence electrons. The lowest BCUT2D eigenvalue weighted by Crippen LogP contribution is -2.44. The molecule has 0 amide bonds. The molecule has 6 nitrogen and oxygen atoms in total. The quantitative estimate of drug-likeness (QED) is 0.107. The van der Waals surface area contributed by atoms with E-state index in [0.717, 1.165) is 48.1 Å². The summed E-state index contributed by atoms with van der Waals surface area (Å²) in [7, 11) is -4.74. The normalized spacial score (nSPS) is 22.2. The predicted octanol–water partition coefficient (Wildman–Crippen LogP) is 8.05. The van der Waals surface area contributed by atoms with Crippen LogP contribution in [0.4, 0.5) is 0 Å². The van der Waals surface area contributed by atoms with Crippen LogP contribution in [0.2, 0.25) is 0 Å². The molecule has 1 fully saturated rings. The van der Waals surface area contributed by atoms with Crippen molar-refractivity contribution < 1.29 is 27.2 Å². The maximum atomic E-state index is 14.7. The highest BCUT2D eigenvalue weighted by atomic mass is 32.2. The van der Waals surface area contributed by atoms with E-state index in [9.17, 15) is 17.8 Å². The van der Waals surface area contributed by atoms with E-state index >= 15 is 0 Å². The summed E-state index contributed by atoms with van der Waals surface area (Å²) in [4.78, 5) is 14.4. The molecule has 46 heavy (non-hydrogen) atoms. The van der Waals surface area contributed by atoms with Crippen LogP contribution in [0.1, 0.15) is 77.7 Å². The zero-order valence-electron chi connectivity index (χ0n) is 25.2. The van der Waals surface area contributed by atoms with Gasteiger partial charge < -0.3 is 14.0 Å². The van der Waals surface area contributed by atoms with Gasteiger partial charge in [-0.1, -0.05) is 97.4 Å². The second-order valence-electron chi connectivity index (χ2n) is 12.7. The molecule has 0 spiro atoms. The summed E-state index contributed by atoms with van der Waals surface area (Å²) in [5.74, 6) is -0.584. The van der Waals surface area contributed by atoms with Crippen LogP contribution in [0, 0.1) is 5.92 Å². The average Bonchev–Trinajstić information content (AvgIpc) is 3.08. The summed E-state index contributed by atoms with van der Waals surface area (Å²) >= 11 is 0. The molecule has 4 aliphatic carbocycles. The van der Waals surface area contributed by atoms with E-state index in [2.05, 4.69) is 42.5 Å². The molecule has 2 bridgehead atoms. The van der Waals surface area contributed by atoms with Gasteiger partial charge in [0.2, 0.25) is 0 Å². The molecule has 5 aromatic carbocycles. The first-order valence-corrected chi connectivity index (χ1v) is 17.4. The lowest BCUT2D eigenvalue weighted by molar-refractivity contribution is -0.141. The Bertz CT molecular complexity index is 2030. The SMILES string of the molecule is O=C(Oc1ccc(S(=O)(=O)[O-])c2ccccc12)C1C2c3ccccc3C(c3ccccc32)C1c1ccccc1OC1CCCCC1. The van der Waals surface area contributed by atoms with Crippen LogP contribution >= 0.6 is 0 Å². The van der Waals surface area contributed by atoms with E-state index in [-0.39, 0.29) is 39.9 Å². The van der Waals surface area contributed by atoms with Crippen molar-refractivity contribution in [3.63, 3.8) is 0 Å². The number of rotatable bonds is 6. The molecule has 1 saturated carbocycles. The van der Waals surface area contributed by atoms with Crippen molar-refractivity contribution in [2.45, 2.75) is 60.9 Å². The Labute approximate surface area is 268 Å².